The lowest BCUT2D eigenvalue weighted by molar-refractivity contribution is -0.0521. The van der Waals surface area contributed by atoms with Gasteiger partial charge < -0.3 is 4.74 Å². The van der Waals surface area contributed by atoms with Crippen molar-refractivity contribution in [3.05, 3.63) is 29.6 Å². The van der Waals surface area contributed by atoms with Crippen molar-refractivity contribution in [2.24, 2.45) is 0 Å². The van der Waals surface area contributed by atoms with E-state index in [2.05, 4.69) is 4.98 Å². The van der Waals surface area contributed by atoms with Gasteiger partial charge in [-0.25, -0.2) is 8.42 Å². The molecule has 0 aliphatic carbocycles. The number of rotatable bonds is 4. The van der Waals surface area contributed by atoms with Crippen molar-refractivity contribution in [1.82, 2.24) is 9.29 Å². The molecule has 0 amide bonds. The van der Waals surface area contributed by atoms with E-state index in [4.69, 9.17) is 4.74 Å². The largest absolute Gasteiger partial charge is 0.511 e. The van der Waals surface area contributed by atoms with Crippen LogP contribution in [0.15, 0.2) is 18.2 Å². The van der Waals surface area contributed by atoms with E-state index in [0.717, 1.165) is 11.4 Å². The van der Waals surface area contributed by atoms with Crippen molar-refractivity contribution in [3.63, 3.8) is 0 Å². The first kappa shape index (κ1) is 18.0. The fraction of sp³-hybridized carbons (Fsp3) is 0.643. The van der Waals surface area contributed by atoms with Gasteiger partial charge in [-0.05, 0) is 25.5 Å². The average Bonchev–Trinajstić information content (AvgIpc) is 2.87. The summed E-state index contributed by atoms with van der Waals surface area (Å²) < 4.78 is 66.1. The molecule has 1 spiro atoms. The highest BCUT2D eigenvalue weighted by molar-refractivity contribution is 8.01. The molecule has 0 saturated carbocycles. The first-order valence-corrected chi connectivity index (χ1v) is 9.78. The van der Waals surface area contributed by atoms with Crippen molar-refractivity contribution in [2.45, 2.75) is 36.3 Å². The number of sulfonamides is 1. The lowest BCUT2D eigenvalue weighted by Gasteiger charge is -2.46. The Morgan fingerprint density at radius 2 is 2.12 bits per heavy atom. The van der Waals surface area contributed by atoms with Gasteiger partial charge in [-0.2, -0.15) is 17.5 Å². The molecule has 2 fully saturated rings. The van der Waals surface area contributed by atoms with Crippen molar-refractivity contribution < 1.29 is 26.3 Å². The Morgan fingerprint density at radius 3 is 2.75 bits per heavy atom. The Morgan fingerprint density at radius 1 is 1.42 bits per heavy atom. The molecular weight excluding hydrogens is 365 g/mol. The zero-order chi connectivity index (χ0) is 17.6. The highest BCUT2D eigenvalue weighted by atomic mass is 32.2. The second kappa shape index (κ2) is 6.15. The number of ether oxygens (including phenoxy) is 1. The van der Waals surface area contributed by atoms with Gasteiger partial charge in [-0.1, -0.05) is 6.07 Å². The van der Waals surface area contributed by atoms with Gasteiger partial charge in [0.1, 0.15) is 0 Å². The second-order valence-electron chi connectivity index (χ2n) is 6.12. The number of aromatic nitrogens is 1. The van der Waals surface area contributed by atoms with E-state index in [1.54, 1.807) is 0 Å². The lowest BCUT2D eigenvalue weighted by atomic mass is 9.95. The number of thioether (sulfide) groups is 1. The van der Waals surface area contributed by atoms with Crippen molar-refractivity contribution in [2.75, 3.05) is 18.8 Å². The van der Waals surface area contributed by atoms with Crippen LogP contribution >= 0.6 is 11.8 Å². The maximum absolute atomic E-state index is 12.5. The molecule has 3 rings (SSSR count). The Kier molecular flexibility index (Phi) is 4.61. The van der Waals surface area contributed by atoms with E-state index in [1.165, 1.54) is 11.8 Å². The first-order chi connectivity index (χ1) is 11.1. The molecule has 0 aromatic carbocycles. The molecule has 2 saturated heterocycles. The van der Waals surface area contributed by atoms with Crippen molar-refractivity contribution in [1.29, 1.82) is 0 Å². The maximum atomic E-state index is 12.5. The van der Waals surface area contributed by atoms with Crippen LogP contribution in [-0.4, -0.2) is 52.9 Å². The minimum absolute atomic E-state index is 0.104. The molecule has 134 valence electrons. The number of halogens is 3. The Balaban J connectivity index is 1.52. The van der Waals surface area contributed by atoms with Crippen LogP contribution in [0.1, 0.15) is 17.8 Å². The normalized spacial score (nSPS) is 24.2. The summed E-state index contributed by atoms with van der Waals surface area (Å²) in [7, 11) is -5.21. The average molecular weight is 382 g/mol. The summed E-state index contributed by atoms with van der Waals surface area (Å²) in [4.78, 5) is 4.33. The summed E-state index contributed by atoms with van der Waals surface area (Å²) >= 11 is 1.49. The van der Waals surface area contributed by atoms with E-state index < -0.39 is 20.3 Å². The van der Waals surface area contributed by atoms with Gasteiger partial charge in [0.15, 0.2) is 0 Å². The van der Waals surface area contributed by atoms with Gasteiger partial charge in [0.05, 0.1) is 18.4 Å². The van der Waals surface area contributed by atoms with E-state index in [1.807, 2.05) is 25.1 Å². The summed E-state index contributed by atoms with van der Waals surface area (Å²) in [6, 6.07) is 5.62. The molecule has 1 atom stereocenters. The molecule has 0 bridgehead atoms. The molecule has 24 heavy (non-hydrogen) atoms. The quantitative estimate of drug-likeness (QED) is 0.800. The maximum Gasteiger partial charge on any atom is 0.511 e. The standard InChI is InChI=1S/C14H17F3N2O3S2/c1-10-3-2-4-11(18-10)6-22-12-5-13(23-7-12)8-19(9-13)24(20,21)14(15,16)17/h2-4,12H,5-9H2,1H3/t12-/m0/s1. The third kappa shape index (κ3) is 3.42. The third-order valence-corrected chi connectivity index (χ3v) is 7.25. The van der Waals surface area contributed by atoms with Crippen molar-refractivity contribution >= 4 is 21.8 Å². The molecule has 10 heteroatoms. The number of hydrogen-bond acceptors (Lipinski definition) is 5. The van der Waals surface area contributed by atoms with Crippen LogP contribution < -0.4 is 0 Å². The van der Waals surface area contributed by atoms with E-state index in [-0.39, 0.29) is 19.2 Å². The van der Waals surface area contributed by atoms with Gasteiger partial charge in [0.2, 0.25) is 0 Å². The second-order valence-corrected chi connectivity index (χ2v) is 9.54. The van der Waals surface area contributed by atoms with Crippen LogP contribution in [0.3, 0.4) is 0 Å². The molecule has 2 aliphatic heterocycles. The Hall–Kier alpha value is -0.840. The number of alkyl halides is 3. The van der Waals surface area contributed by atoms with Crippen LogP contribution in [0.2, 0.25) is 0 Å². The summed E-state index contributed by atoms with van der Waals surface area (Å²) in [6.07, 6.45) is 0.445. The summed E-state index contributed by atoms with van der Waals surface area (Å²) in [5, 5.41) is 0. The molecule has 2 aliphatic rings. The fourth-order valence-corrected chi connectivity index (χ4v) is 5.77. The number of nitrogens with zero attached hydrogens (tertiary/aromatic N) is 2. The van der Waals surface area contributed by atoms with Gasteiger partial charge in [0, 0.05) is 29.3 Å². The zero-order valence-corrected chi connectivity index (χ0v) is 14.5. The molecular formula is C14H17F3N2O3S2. The predicted molar refractivity (Wildman–Crippen MR) is 83.9 cm³/mol. The van der Waals surface area contributed by atoms with Crippen LogP contribution in [0.25, 0.3) is 0 Å². The monoisotopic (exact) mass is 382 g/mol. The SMILES string of the molecule is Cc1cccc(CO[C@@H]2CSC3(C2)CN(S(=O)(=O)C(F)(F)F)C3)n1. The number of pyridine rings is 1. The Bertz CT molecular complexity index is 718. The highest BCUT2D eigenvalue weighted by Gasteiger charge is 2.59. The number of aryl methyl sites for hydroxylation is 1. The fourth-order valence-electron chi connectivity index (χ4n) is 2.93. The predicted octanol–water partition coefficient (Wildman–Crippen LogP) is 2.32. The molecule has 5 nitrogen and oxygen atoms in total. The summed E-state index contributed by atoms with van der Waals surface area (Å²) in [5.41, 5.74) is -3.54. The molecule has 1 aromatic heterocycles. The van der Waals surface area contributed by atoms with Crippen molar-refractivity contribution in [3.8, 4) is 0 Å². The van der Waals surface area contributed by atoms with Crippen LogP contribution in [0.5, 0.6) is 0 Å². The van der Waals surface area contributed by atoms with Gasteiger partial charge in [-0.15, -0.1) is 11.8 Å². The van der Waals surface area contributed by atoms with Crippen LogP contribution in [0, 0.1) is 6.92 Å². The van der Waals surface area contributed by atoms with Crippen LogP contribution in [-0.2, 0) is 21.4 Å². The summed E-state index contributed by atoms with van der Waals surface area (Å²) in [5.74, 6) is 0.645. The lowest BCUT2D eigenvalue weighted by Crippen LogP contribution is -2.62. The zero-order valence-electron chi connectivity index (χ0n) is 12.9. The molecule has 0 radical (unpaired) electrons. The van der Waals surface area contributed by atoms with Crippen LogP contribution in [0.4, 0.5) is 13.2 Å². The summed E-state index contributed by atoms with van der Waals surface area (Å²) in [6.45, 7) is 2.01. The Labute approximate surface area is 142 Å². The smallest absolute Gasteiger partial charge is 0.371 e. The number of hydrogen-bond donors (Lipinski definition) is 0. The minimum atomic E-state index is -5.23. The first-order valence-electron chi connectivity index (χ1n) is 7.36. The highest BCUT2D eigenvalue weighted by Crippen LogP contribution is 2.48. The molecule has 0 N–H and O–H groups in total. The topological polar surface area (TPSA) is 59.5 Å². The third-order valence-electron chi connectivity index (χ3n) is 4.15. The molecule has 1 aromatic rings. The van der Waals surface area contributed by atoms with E-state index in [9.17, 15) is 21.6 Å². The van der Waals surface area contributed by atoms with E-state index >= 15 is 0 Å². The minimum Gasteiger partial charge on any atom is -0.371 e. The van der Waals surface area contributed by atoms with Gasteiger partial charge >= 0.3 is 15.5 Å². The van der Waals surface area contributed by atoms with E-state index in [0.29, 0.717) is 23.1 Å². The van der Waals surface area contributed by atoms with Gasteiger partial charge in [0.25, 0.3) is 0 Å². The van der Waals surface area contributed by atoms with Gasteiger partial charge in [-0.3, -0.25) is 4.98 Å². The molecule has 0 unspecified atom stereocenters. The molecule has 3 heterocycles.